The van der Waals surface area contributed by atoms with Crippen LogP contribution in [-0.2, 0) is 10.0 Å². The molecule has 0 spiro atoms. The number of nitrogens with two attached hydrogens (primary N) is 1. The Morgan fingerprint density at radius 2 is 1.67 bits per heavy atom. The molecule has 0 fully saturated rings. The lowest BCUT2D eigenvalue weighted by Crippen LogP contribution is -2.18. The third-order valence-electron chi connectivity index (χ3n) is 7.42. The number of imidazole rings is 1. The van der Waals surface area contributed by atoms with E-state index in [1.807, 2.05) is 0 Å². The van der Waals surface area contributed by atoms with Crippen LogP contribution in [0.2, 0.25) is 0 Å². The van der Waals surface area contributed by atoms with Crippen molar-refractivity contribution in [2.24, 2.45) is 0 Å². The molecule has 4 N–H and O–H groups in total. The van der Waals surface area contributed by atoms with Crippen molar-refractivity contribution >= 4 is 49.6 Å². The zero-order chi connectivity index (χ0) is 32.9. The maximum absolute atomic E-state index is 14.2. The molecule has 6 aromatic rings. The number of furan rings is 1. The first-order valence-electron chi connectivity index (χ1n) is 13.8. The highest BCUT2D eigenvalue weighted by Gasteiger charge is 2.26. The van der Waals surface area contributed by atoms with Gasteiger partial charge in [0.05, 0.1) is 35.3 Å². The topological polar surface area (TPSA) is 141 Å². The first-order chi connectivity index (χ1) is 21.9. The summed E-state index contributed by atoms with van der Waals surface area (Å²) in [7, 11) is -0.991. The Balaban J connectivity index is 1.68. The van der Waals surface area contributed by atoms with Gasteiger partial charge in [-0.15, -0.1) is 0 Å². The summed E-state index contributed by atoms with van der Waals surface area (Å²) in [6, 6.07) is 14.5. The number of hydrogen-bond donors (Lipinski definition) is 3. The van der Waals surface area contributed by atoms with E-state index in [-0.39, 0.29) is 51.2 Å². The number of rotatable bonds is 8. The molecule has 0 bridgehead atoms. The van der Waals surface area contributed by atoms with Crippen molar-refractivity contribution in [3.05, 3.63) is 89.7 Å². The van der Waals surface area contributed by atoms with E-state index >= 15 is 0 Å². The second-order valence-electron chi connectivity index (χ2n) is 10.3. The van der Waals surface area contributed by atoms with Gasteiger partial charge in [0, 0.05) is 35.7 Å². The van der Waals surface area contributed by atoms with Gasteiger partial charge < -0.3 is 20.2 Å². The van der Waals surface area contributed by atoms with Crippen LogP contribution in [-0.4, -0.2) is 43.8 Å². The van der Waals surface area contributed by atoms with E-state index in [4.69, 9.17) is 14.9 Å². The standard InChI is InChI=1S/C32H26F3N5O5S/c1-4-46(42,43)39-24-15-26-23(28(31(41)37-2)30(45-26)16-5-7-18(33)8-6-16)14-22(24)17-9-25-29(27(10-17)44-3)38-32(36)40(25)21-12-19(34)11-20(35)13-21/h5-15,39H,4H2,1-3H3,(H2,36,38)(H,37,41). The molecule has 0 saturated carbocycles. The van der Waals surface area contributed by atoms with Crippen LogP contribution in [0.4, 0.5) is 24.8 Å². The van der Waals surface area contributed by atoms with Crippen LogP contribution in [0.1, 0.15) is 17.3 Å². The van der Waals surface area contributed by atoms with Crippen molar-refractivity contribution in [1.82, 2.24) is 14.9 Å². The Morgan fingerprint density at radius 3 is 2.30 bits per heavy atom. The van der Waals surface area contributed by atoms with E-state index in [0.717, 1.165) is 18.2 Å². The van der Waals surface area contributed by atoms with Gasteiger partial charge in [0.2, 0.25) is 16.0 Å². The average molecular weight is 650 g/mol. The minimum absolute atomic E-state index is 0.0553. The molecule has 1 amide bonds. The number of anilines is 2. The van der Waals surface area contributed by atoms with Crippen LogP contribution in [0.25, 0.3) is 50.1 Å². The van der Waals surface area contributed by atoms with E-state index in [1.54, 1.807) is 18.2 Å². The number of hydrogen-bond acceptors (Lipinski definition) is 7. The molecular formula is C32H26F3N5O5S. The zero-order valence-electron chi connectivity index (χ0n) is 24.6. The normalized spacial score (nSPS) is 11.7. The monoisotopic (exact) mass is 649 g/mol. The smallest absolute Gasteiger partial charge is 0.255 e. The molecule has 46 heavy (non-hydrogen) atoms. The molecule has 0 unspecified atom stereocenters. The van der Waals surface area contributed by atoms with Gasteiger partial charge in [0.15, 0.2) is 0 Å². The van der Waals surface area contributed by atoms with Gasteiger partial charge in [-0.05, 0) is 67.1 Å². The van der Waals surface area contributed by atoms with Crippen LogP contribution in [0.5, 0.6) is 5.75 Å². The minimum atomic E-state index is -3.83. The molecule has 0 radical (unpaired) electrons. The van der Waals surface area contributed by atoms with Crippen molar-refractivity contribution < 1.29 is 35.5 Å². The number of amides is 1. The van der Waals surface area contributed by atoms with Gasteiger partial charge in [0.1, 0.15) is 40.1 Å². The maximum Gasteiger partial charge on any atom is 0.255 e. The number of carbonyl (C=O) groups is 1. The van der Waals surface area contributed by atoms with Crippen LogP contribution < -0.4 is 20.5 Å². The summed E-state index contributed by atoms with van der Waals surface area (Å²) in [5.74, 6) is -2.61. The molecule has 0 saturated heterocycles. The van der Waals surface area contributed by atoms with E-state index < -0.39 is 33.4 Å². The van der Waals surface area contributed by atoms with E-state index in [0.29, 0.717) is 27.6 Å². The predicted octanol–water partition coefficient (Wildman–Crippen LogP) is 6.24. The number of halogens is 3. The van der Waals surface area contributed by atoms with E-state index in [9.17, 15) is 26.4 Å². The number of sulfonamides is 1. The van der Waals surface area contributed by atoms with Gasteiger partial charge in [-0.3, -0.25) is 14.1 Å². The Kier molecular flexibility index (Phi) is 7.60. The van der Waals surface area contributed by atoms with Crippen molar-refractivity contribution in [3.63, 3.8) is 0 Å². The van der Waals surface area contributed by atoms with Gasteiger partial charge in [0.25, 0.3) is 5.91 Å². The highest BCUT2D eigenvalue weighted by Crippen LogP contribution is 2.43. The molecule has 2 aromatic heterocycles. The van der Waals surface area contributed by atoms with Crippen LogP contribution in [0, 0.1) is 17.5 Å². The van der Waals surface area contributed by atoms with Gasteiger partial charge in [-0.2, -0.15) is 0 Å². The third kappa shape index (κ3) is 5.36. The number of ether oxygens (including phenoxy) is 1. The molecule has 14 heteroatoms. The summed E-state index contributed by atoms with van der Waals surface area (Å²) in [5, 5.41) is 2.92. The fraction of sp³-hybridized carbons (Fsp3) is 0.125. The largest absolute Gasteiger partial charge is 0.494 e. The number of methoxy groups -OCH3 is 1. The highest BCUT2D eigenvalue weighted by atomic mass is 32.2. The molecule has 236 valence electrons. The Labute approximate surface area is 260 Å². The molecule has 0 atom stereocenters. The highest BCUT2D eigenvalue weighted by molar-refractivity contribution is 7.92. The predicted molar refractivity (Wildman–Crippen MR) is 169 cm³/mol. The van der Waals surface area contributed by atoms with Gasteiger partial charge >= 0.3 is 0 Å². The molecule has 6 rings (SSSR count). The van der Waals surface area contributed by atoms with Crippen molar-refractivity contribution in [1.29, 1.82) is 0 Å². The van der Waals surface area contributed by atoms with Crippen LogP contribution in [0.3, 0.4) is 0 Å². The van der Waals surface area contributed by atoms with E-state index in [1.165, 1.54) is 56.0 Å². The molecule has 0 aliphatic carbocycles. The number of nitrogens with zero attached hydrogens (tertiary/aromatic N) is 2. The molecule has 2 heterocycles. The van der Waals surface area contributed by atoms with Crippen LogP contribution in [0.15, 0.2) is 71.1 Å². The first-order valence-corrected chi connectivity index (χ1v) is 15.5. The minimum Gasteiger partial charge on any atom is -0.494 e. The molecule has 0 aliphatic rings. The Hall–Kier alpha value is -5.50. The number of nitrogens with one attached hydrogen (secondary N) is 2. The fourth-order valence-electron chi connectivity index (χ4n) is 5.28. The second kappa shape index (κ2) is 11.5. The fourth-order valence-corrected chi connectivity index (χ4v) is 5.92. The summed E-state index contributed by atoms with van der Waals surface area (Å²) in [5.41, 5.74) is 8.36. The SMILES string of the molecule is CCS(=O)(=O)Nc1cc2oc(-c3ccc(F)cc3)c(C(=O)NC)c2cc1-c1cc(OC)c2nc(N)n(-c3cc(F)cc(F)c3)c2c1. The summed E-state index contributed by atoms with van der Waals surface area (Å²) in [6.07, 6.45) is 0. The first kappa shape index (κ1) is 30.5. The molecule has 0 aliphatic heterocycles. The summed E-state index contributed by atoms with van der Waals surface area (Å²) in [4.78, 5) is 17.6. The quantitative estimate of drug-likeness (QED) is 0.177. The molecular weight excluding hydrogens is 623 g/mol. The zero-order valence-corrected chi connectivity index (χ0v) is 25.4. The number of nitrogen functional groups attached to an aromatic ring is 1. The van der Waals surface area contributed by atoms with Crippen molar-refractivity contribution in [2.75, 3.05) is 30.4 Å². The van der Waals surface area contributed by atoms with Gasteiger partial charge in [-0.1, -0.05) is 0 Å². The van der Waals surface area contributed by atoms with Crippen molar-refractivity contribution in [3.8, 4) is 33.9 Å². The van der Waals surface area contributed by atoms with Gasteiger partial charge in [-0.25, -0.2) is 26.6 Å². The number of benzene rings is 4. The van der Waals surface area contributed by atoms with E-state index in [2.05, 4.69) is 15.0 Å². The number of fused-ring (bicyclic) bond motifs is 2. The lowest BCUT2D eigenvalue weighted by molar-refractivity contribution is 0.0964. The van der Waals surface area contributed by atoms with Crippen molar-refractivity contribution in [2.45, 2.75) is 6.92 Å². The lowest BCUT2D eigenvalue weighted by Gasteiger charge is -2.15. The number of carbonyl (C=O) groups excluding carboxylic acids is 1. The summed E-state index contributed by atoms with van der Waals surface area (Å²) < 4.78 is 83.5. The molecule has 4 aromatic carbocycles. The maximum atomic E-state index is 14.2. The van der Waals surface area contributed by atoms with Crippen LogP contribution >= 0.6 is 0 Å². The lowest BCUT2D eigenvalue weighted by atomic mass is 9.98. The molecule has 10 nitrogen and oxygen atoms in total. The second-order valence-corrected chi connectivity index (χ2v) is 12.3. The Morgan fingerprint density at radius 1 is 0.978 bits per heavy atom. The average Bonchev–Trinajstić information content (AvgIpc) is 3.56. The number of aromatic nitrogens is 2. The third-order valence-corrected chi connectivity index (χ3v) is 8.71. The summed E-state index contributed by atoms with van der Waals surface area (Å²) >= 11 is 0. The Bertz CT molecular complexity index is 2260. The summed E-state index contributed by atoms with van der Waals surface area (Å²) in [6.45, 7) is 1.47.